The third-order valence-corrected chi connectivity index (χ3v) is 5.40. The maximum Gasteiger partial charge on any atom is 0.410 e. The smallest absolute Gasteiger partial charge is 0.410 e. The van der Waals surface area contributed by atoms with Gasteiger partial charge in [-0.25, -0.2) is 4.79 Å². The summed E-state index contributed by atoms with van der Waals surface area (Å²) in [5.74, 6) is 0. The number of hydrogen-bond donors (Lipinski definition) is 1. The number of likely N-dealkylation sites (tertiary alicyclic amines) is 1. The second-order valence-electron chi connectivity index (χ2n) is 8.58. The maximum atomic E-state index is 12.4. The lowest BCUT2D eigenvalue weighted by atomic mass is 9.72. The molecule has 0 bridgehead atoms. The minimum atomic E-state index is -0.430. The number of ether oxygens (including phenoxy) is 1. The van der Waals surface area contributed by atoms with Gasteiger partial charge in [0, 0.05) is 37.6 Å². The summed E-state index contributed by atoms with van der Waals surface area (Å²) < 4.78 is 5.58. The number of hydrogen-bond acceptors (Lipinski definition) is 4. The number of carbonyl (C=O) groups is 1. The third kappa shape index (κ3) is 4.39. The van der Waals surface area contributed by atoms with Crippen LogP contribution in [0.15, 0.2) is 24.3 Å². The standard InChI is InChI=1S/C20H31N3O2/c1-19(2,3)25-18(24)23-12-4-9-20(15-23)10-13-22(14-11-20)17-7-5-16(21)6-8-17/h5-8H,4,9-15,21H2,1-3H3. The van der Waals surface area contributed by atoms with Crippen LogP contribution in [0.1, 0.15) is 46.5 Å². The Hall–Kier alpha value is -1.91. The van der Waals surface area contributed by atoms with Gasteiger partial charge in [0.2, 0.25) is 0 Å². The van der Waals surface area contributed by atoms with E-state index in [1.54, 1.807) is 0 Å². The summed E-state index contributed by atoms with van der Waals surface area (Å²) in [5, 5.41) is 0. The first-order valence-corrected chi connectivity index (χ1v) is 9.35. The van der Waals surface area contributed by atoms with Crippen molar-refractivity contribution in [2.75, 3.05) is 36.8 Å². The summed E-state index contributed by atoms with van der Waals surface area (Å²) in [4.78, 5) is 16.8. The van der Waals surface area contributed by atoms with Gasteiger partial charge in [-0.15, -0.1) is 0 Å². The Balaban J connectivity index is 1.60. The molecule has 5 heteroatoms. The van der Waals surface area contributed by atoms with Crippen LogP contribution in [-0.4, -0.2) is 42.8 Å². The number of nitrogens with two attached hydrogens (primary N) is 1. The van der Waals surface area contributed by atoms with Gasteiger partial charge in [-0.3, -0.25) is 0 Å². The number of piperidine rings is 2. The van der Waals surface area contributed by atoms with E-state index in [9.17, 15) is 4.79 Å². The van der Waals surface area contributed by atoms with Crippen LogP contribution in [0.25, 0.3) is 0 Å². The summed E-state index contributed by atoms with van der Waals surface area (Å²) in [6, 6.07) is 8.12. The van der Waals surface area contributed by atoms with E-state index in [-0.39, 0.29) is 11.5 Å². The summed E-state index contributed by atoms with van der Waals surface area (Å²) in [7, 11) is 0. The predicted molar refractivity (Wildman–Crippen MR) is 102 cm³/mol. The van der Waals surface area contributed by atoms with Gasteiger partial charge >= 0.3 is 6.09 Å². The van der Waals surface area contributed by atoms with Crippen LogP contribution in [-0.2, 0) is 4.74 Å². The molecule has 3 rings (SSSR count). The quantitative estimate of drug-likeness (QED) is 0.785. The first kappa shape index (κ1) is 17.9. The van der Waals surface area contributed by atoms with Crippen LogP contribution < -0.4 is 10.6 Å². The van der Waals surface area contributed by atoms with Gasteiger partial charge in [0.05, 0.1) is 0 Å². The Morgan fingerprint density at radius 3 is 2.32 bits per heavy atom. The lowest BCUT2D eigenvalue weighted by Gasteiger charge is -2.48. The fourth-order valence-electron chi connectivity index (χ4n) is 4.02. The fourth-order valence-corrected chi connectivity index (χ4v) is 4.02. The predicted octanol–water partition coefficient (Wildman–Crippen LogP) is 3.89. The minimum Gasteiger partial charge on any atom is -0.444 e. The van der Waals surface area contributed by atoms with E-state index in [0.29, 0.717) is 0 Å². The molecule has 138 valence electrons. The lowest BCUT2D eigenvalue weighted by Crippen LogP contribution is -2.52. The first-order chi connectivity index (χ1) is 11.8. The molecule has 0 saturated carbocycles. The summed E-state index contributed by atoms with van der Waals surface area (Å²) >= 11 is 0. The number of nitrogen functional groups attached to an aromatic ring is 1. The van der Waals surface area contributed by atoms with Crippen LogP contribution >= 0.6 is 0 Å². The molecule has 2 saturated heterocycles. The highest BCUT2D eigenvalue weighted by molar-refractivity contribution is 5.68. The summed E-state index contributed by atoms with van der Waals surface area (Å²) in [6.45, 7) is 9.50. The van der Waals surface area contributed by atoms with Crippen molar-refractivity contribution in [2.45, 2.75) is 52.1 Å². The lowest BCUT2D eigenvalue weighted by molar-refractivity contribution is -0.000521. The molecule has 25 heavy (non-hydrogen) atoms. The van der Waals surface area contributed by atoms with E-state index in [4.69, 9.17) is 10.5 Å². The van der Waals surface area contributed by atoms with Gasteiger partial charge in [0.15, 0.2) is 0 Å². The fraction of sp³-hybridized carbons (Fsp3) is 0.650. The van der Waals surface area contributed by atoms with Gasteiger partial charge in [-0.05, 0) is 76.1 Å². The van der Waals surface area contributed by atoms with Crippen molar-refractivity contribution in [1.29, 1.82) is 0 Å². The van der Waals surface area contributed by atoms with Crippen molar-refractivity contribution in [2.24, 2.45) is 5.41 Å². The second kappa shape index (κ2) is 6.77. The molecule has 0 aromatic heterocycles. The van der Waals surface area contributed by atoms with Gasteiger partial charge < -0.3 is 20.3 Å². The first-order valence-electron chi connectivity index (χ1n) is 9.35. The monoisotopic (exact) mass is 345 g/mol. The topological polar surface area (TPSA) is 58.8 Å². The summed E-state index contributed by atoms with van der Waals surface area (Å²) in [6.07, 6.45) is 4.36. The Kier molecular flexibility index (Phi) is 4.85. The number of amides is 1. The van der Waals surface area contributed by atoms with Gasteiger partial charge in [0.1, 0.15) is 5.60 Å². The van der Waals surface area contributed by atoms with Crippen LogP contribution in [0.4, 0.5) is 16.2 Å². The molecule has 0 atom stereocenters. The van der Waals surface area contributed by atoms with E-state index in [1.165, 1.54) is 12.1 Å². The van der Waals surface area contributed by atoms with E-state index in [2.05, 4.69) is 17.0 Å². The van der Waals surface area contributed by atoms with E-state index >= 15 is 0 Å². The molecule has 2 aliphatic heterocycles. The van der Waals surface area contributed by atoms with Gasteiger partial charge in [0.25, 0.3) is 0 Å². The molecule has 0 radical (unpaired) electrons. The Morgan fingerprint density at radius 1 is 1.08 bits per heavy atom. The Labute approximate surface area is 151 Å². The molecule has 2 aliphatic rings. The van der Waals surface area contributed by atoms with E-state index in [1.807, 2.05) is 37.8 Å². The average Bonchev–Trinajstić information content (AvgIpc) is 2.55. The van der Waals surface area contributed by atoms with Crippen LogP contribution in [0.2, 0.25) is 0 Å². The summed E-state index contributed by atoms with van der Waals surface area (Å²) in [5.41, 5.74) is 7.65. The maximum absolute atomic E-state index is 12.4. The molecule has 0 aliphatic carbocycles. The molecule has 0 unspecified atom stereocenters. The van der Waals surface area contributed by atoms with Crippen molar-refractivity contribution in [3.05, 3.63) is 24.3 Å². The number of anilines is 2. The number of rotatable bonds is 1. The van der Waals surface area contributed by atoms with Crippen LogP contribution in [0.3, 0.4) is 0 Å². The highest BCUT2D eigenvalue weighted by Crippen LogP contribution is 2.41. The molecular formula is C20H31N3O2. The average molecular weight is 345 g/mol. The molecular weight excluding hydrogens is 314 g/mol. The highest BCUT2D eigenvalue weighted by Gasteiger charge is 2.40. The van der Waals surface area contributed by atoms with Gasteiger partial charge in [-0.1, -0.05) is 0 Å². The zero-order valence-electron chi connectivity index (χ0n) is 15.8. The zero-order chi connectivity index (χ0) is 18.1. The van der Waals surface area contributed by atoms with Crippen molar-refractivity contribution in [1.82, 2.24) is 4.90 Å². The van der Waals surface area contributed by atoms with Crippen LogP contribution in [0.5, 0.6) is 0 Å². The van der Waals surface area contributed by atoms with Crippen molar-refractivity contribution in [3.63, 3.8) is 0 Å². The van der Waals surface area contributed by atoms with E-state index < -0.39 is 5.60 Å². The van der Waals surface area contributed by atoms with Crippen LogP contribution in [0, 0.1) is 5.41 Å². The third-order valence-electron chi connectivity index (χ3n) is 5.40. The number of benzene rings is 1. The molecule has 5 nitrogen and oxygen atoms in total. The van der Waals surface area contributed by atoms with Crippen molar-refractivity contribution in [3.8, 4) is 0 Å². The second-order valence-corrected chi connectivity index (χ2v) is 8.58. The minimum absolute atomic E-state index is 0.160. The normalized spacial score (nSPS) is 20.6. The molecule has 1 aromatic carbocycles. The van der Waals surface area contributed by atoms with Gasteiger partial charge in [-0.2, -0.15) is 0 Å². The number of nitrogens with zero attached hydrogens (tertiary/aromatic N) is 2. The largest absolute Gasteiger partial charge is 0.444 e. The SMILES string of the molecule is CC(C)(C)OC(=O)N1CCCC2(CCN(c3ccc(N)cc3)CC2)C1. The molecule has 2 heterocycles. The van der Waals surface area contributed by atoms with E-state index in [0.717, 1.165) is 51.1 Å². The molecule has 2 fully saturated rings. The molecule has 1 spiro atoms. The molecule has 1 aromatic rings. The van der Waals surface area contributed by atoms with Crippen molar-refractivity contribution < 1.29 is 9.53 Å². The Morgan fingerprint density at radius 2 is 1.72 bits per heavy atom. The Bertz CT molecular complexity index is 598. The number of carbonyl (C=O) groups excluding carboxylic acids is 1. The zero-order valence-corrected chi connectivity index (χ0v) is 15.8. The highest BCUT2D eigenvalue weighted by atomic mass is 16.6. The molecule has 2 N–H and O–H groups in total. The molecule has 1 amide bonds. The van der Waals surface area contributed by atoms with Crippen molar-refractivity contribution >= 4 is 17.5 Å².